The number of carbonyl (C=O) groups is 5. The molecule has 1 fully saturated rings. The Bertz CT molecular complexity index is 1800. The Morgan fingerprint density at radius 3 is 2.35 bits per heavy atom. The quantitative estimate of drug-likeness (QED) is 0.126. The molecule has 1 saturated heterocycles. The van der Waals surface area contributed by atoms with Crippen LogP contribution in [0.4, 0.5) is 16.2 Å². The number of carbonyl (C=O) groups excluding carboxylic acids is 5. The summed E-state index contributed by atoms with van der Waals surface area (Å²) in [7, 11) is 0. The monoisotopic (exact) mass is 713 g/mol. The molecule has 2 amide bonds. The van der Waals surface area contributed by atoms with Crippen LogP contribution in [0.5, 0.6) is 5.75 Å². The van der Waals surface area contributed by atoms with Crippen molar-refractivity contribution >= 4 is 47.5 Å². The van der Waals surface area contributed by atoms with E-state index in [0.29, 0.717) is 70.4 Å². The number of likely N-dealkylation sites (tertiary alicyclic amines) is 1. The number of allylic oxidation sites excluding steroid dienone is 2. The Labute approximate surface area is 304 Å². The van der Waals surface area contributed by atoms with Crippen LogP contribution in [0.2, 0.25) is 0 Å². The zero-order chi connectivity index (χ0) is 38.0. The largest absolute Gasteiger partial charge is 0.510 e. The highest BCUT2D eigenvalue weighted by molar-refractivity contribution is 6.17. The van der Waals surface area contributed by atoms with Gasteiger partial charge in [0.15, 0.2) is 0 Å². The predicted molar refractivity (Wildman–Crippen MR) is 196 cm³/mol. The van der Waals surface area contributed by atoms with Gasteiger partial charge in [0, 0.05) is 24.6 Å². The molecular weight excluding hydrogens is 666 g/mol. The van der Waals surface area contributed by atoms with Crippen LogP contribution in [0.3, 0.4) is 0 Å². The normalized spacial score (nSPS) is 19.8. The van der Waals surface area contributed by atoms with E-state index >= 15 is 0 Å². The lowest BCUT2D eigenvalue weighted by molar-refractivity contribution is -0.165. The number of nitrogens with zero attached hydrogens (tertiary/aromatic N) is 2. The molecule has 0 bridgehead atoms. The summed E-state index contributed by atoms with van der Waals surface area (Å²) in [6, 6.07) is 13.5. The van der Waals surface area contributed by atoms with Gasteiger partial charge in [-0.1, -0.05) is 45.4 Å². The Morgan fingerprint density at radius 1 is 1.06 bits per heavy atom. The van der Waals surface area contributed by atoms with E-state index in [4.69, 9.17) is 23.9 Å². The molecule has 0 radical (unpaired) electrons. The minimum absolute atomic E-state index is 0.0183. The van der Waals surface area contributed by atoms with Gasteiger partial charge in [0.25, 0.3) is 0 Å². The van der Waals surface area contributed by atoms with Gasteiger partial charge in [-0.15, -0.1) is 0 Å². The lowest BCUT2D eigenvalue weighted by Crippen LogP contribution is -2.49. The van der Waals surface area contributed by atoms with Crippen molar-refractivity contribution in [3.8, 4) is 5.75 Å². The summed E-state index contributed by atoms with van der Waals surface area (Å²) in [6.45, 7) is 12.9. The van der Waals surface area contributed by atoms with E-state index in [1.807, 2.05) is 13.8 Å². The topological polar surface area (TPSA) is 150 Å². The number of benzene rings is 2. The Kier molecular flexibility index (Phi) is 13.3. The SMILES string of the molecule is CC/C(C)=C1\CN(C=O)/C(=C\C2=C(C)COC(=O)[C@@]2(CC)OC(=O)OCc2ccc(NC(=O)CCC(C)C)cc2)C1=Nc1ccc(OC(C)=O)cc1. The summed E-state index contributed by atoms with van der Waals surface area (Å²) >= 11 is 0. The molecule has 12 nitrogen and oxygen atoms in total. The van der Waals surface area contributed by atoms with Gasteiger partial charge < -0.3 is 29.2 Å². The van der Waals surface area contributed by atoms with Crippen molar-refractivity contribution in [1.82, 2.24) is 4.90 Å². The van der Waals surface area contributed by atoms with Crippen molar-refractivity contribution in [3.63, 3.8) is 0 Å². The fraction of sp³-hybridized carbons (Fsp3) is 0.400. The third kappa shape index (κ3) is 9.62. The molecule has 0 spiro atoms. The zero-order valence-corrected chi connectivity index (χ0v) is 30.9. The first-order valence-electron chi connectivity index (χ1n) is 17.4. The number of aliphatic imine (C=N–C) groups is 1. The fourth-order valence-electron chi connectivity index (χ4n) is 5.77. The second-order valence-corrected chi connectivity index (χ2v) is 13.2. The first kappa shape index (κ1) is 39.3. The molecule has 276 valence electrons. The lowest BCUT2D eigenvalue weighted by Gasteiger charge is -2.35. The minimum Gasteiger partial charge on any atom is -0.458 e. The predicted octanol–water partition coefficient (Wildman–Crippen LogP) is 7.52. The maximum atomic E-state index is 13.5. The number of esters is 2. The van der Waals surface area contributed by atoms with Gasteiger partial charge in [-0.25, -0.2) is 14.6 Å². The van der Waals surface area contributed by atoms with Crippen LogP contribution in [0.25, 0.3) is 0 Å². The van der Waals surface area contributed by atoms with Crippen molar-refractivity contribution in [2.45, 2.75) is 86.4 Å². The smallest absolute Gasteiger partial charge is 0.458 e. The summed E-state index contributed by atoms with van der Waals surface area (Å²) in [4.78, 5) is 69.3. The molecule has 52 heavy (non-hydrogen) atoms. The number of rotatable bonds is 13. The number of anilines is 1. The van der Waals surface area contributed by atoms with Gasteiger partial charge in [-0.2, -0.15) is 0 Å². The number of cyclic esters (lactones) is 1. The molecule has 2 heterocycles. The second kappa shape index (κ2) is 17.6. The summed E-state index contributed by atoms with van der Waals surface area (Å²) in [6.07, 6.45) is 3.21. The van der Waals surface area contributed by atoms with E-state index in [0.717, 1.165) is 17.6 Å². The molecule has 2 aromatic rings. The fourth-order valence-corrected chi connectivity index (χ4v) is 5.77. The molecule has 0 aliphatic carbocycles. The molecule has 1 N–H and O–H groups in total. The Balaban J connectivity index is 1.62. The van der Waals surface area contributed by atoms with Crippen molar-refractivity contribution in [1.29, 1.82) is 0 Å². The van der Waals surface area contributed by atoms with E-state index in [2.05, 4.69) is 19.2 Å². The summed E-state index contributed by atoms with van der Waals surface area (Å²) in [5, 5.41) is 2.86. The van der Waals surface area contributed by atoms with Crippen LogP contribution in [-0.4, -0.2) is 59.8 Å². The molecule has 2 aliphatic heterocycles. The summed E-state index contributed by atoms with van der Waals surface area (Å²) in [5.41, 5.74) is 3.70. The highest BCUT2D eigenvalue weighted by atomic mass is 16.7. The highest BCUT2D eigenvalue weighted by Gasteiger charge is 2.50. The van der Waals surface area contributed by atoms with Gasteiger partial charge in [0.05, 0.1) is 23.6 Å². The first-order valence-corrected chi connectivity index (χ1v) is 17.4. The molecule has 1 atom stereocenters. The minimum atomic E-state index is -1.87. The van der Waals surface area contributed by atoms with Gasteiger partial charge in [-0.05, 0) is 98.2 Å². The van der Waals surface area contributed by atoms with Crippen LogP contribution < -0.4 is 10.1 Å². The van der Waals surface area contributed by atoms with Crippen LogP contribution >= 0.6 is 0 Å². The van der Waals surface area contributed by atoms with Crippen LogP contribution in [0.15, 0.2) is 87.6 Å². The standard InChI is InChI=1S/C40H47N3O9/c1-8-26(5)33-21-43(24-44)35(37(33)42-31-15-17-32(18-16-31)51-28(7)45)20-34-27(6)22-49-38(47)40(34,9-2)52-39(48)50-23-29-11-13-30(14-12-29)41-36(46)19-10-25(3)4/h11-18,20,24-25H,8-10,19,21-23H2,1-7H3,(H,41,46)/b33-26+,35-20-,42-37?/t40-/m0/s1. The average molecular weight is 714 g/mol. The first-order chi connectivity index (χ1) is 24.8. The molecule has 4 rings (SSSR count). The molecular formula is C40H47N3O9. The Morgan fingerprint density at radius 2 is 1.75 bits per heavy atom. The lowest BCUT2D eigenvalue weighted by atomic mass is 9.84. The number of nitrogens with one attached hydrogen (secondary N) is 1. The van der Waals surface area contributed by atoms with Crippen molar-refractivity contribution in [2.24, 2.45) is 10.9 Å². The van der Waals surface area contributed by atoms with Gasteiger partial charge in [0.1, 0.15) is 19.0 Å². The Hall–Kier alpha value is -5.52. The van der Waals surface area contributed by atoms with Crippen molar-refractivity contribution in [2.75, 3.05) is 18.5 Å². The average Bonchev–Trinajstić information content (AvgIpc) is 3.46. The molecule has 2 aromatic carbocycles. The third-order valence-electron chi connectivity index (χ3n) is 8.90. The van der Waals surface area contributed by atoms with E-state index in [1.54, 1.807) is 68.5 Å². The molecule has 0 saturated carbocycles. The van der Waals surface area contributed by atoms with Crippen LogP contribution in [0.1, 0.15) is 79.7 Å². The number of hydrogen-bond donors (Lipinski definition) is 1. The van der Waals surface area contributed by atoms with Gasteiger partial charge in [-0.3, -0.25) is 14.4 Å². The zero-order valence-electron chi connectivity index (χ0n) is 30.9. The summed E-state index contributed by atoms with van der Waals surface area (Å²) < 4.78 is 21.9. The molecule has 0 unspecified atom stereocenters. The van der Waals surface area contributed by atoms with Crippen LogP contribution in [-0.2, 0) is 40.0 Å². The van der Waals surface area contributed by atoms with Gasteiger partial charge >= 0.3 is 18.1 Å². The number of hydrogen-bond acceptors (Lipinski definition) is 10. The van der Waals surface area contributed by atoms with E-state index < -0.39 is 23.7 Å². The van der Waals surface area contributed by atoms with E-state index in [1.165, 1.54) is 11.8 Å². The highest BCUT2D eigenvalue weighted by Crippen LogP contribution is 2.38. The van der Waals surface area contributed by atoms with E-state index in [-0.39, 0.29) is 32.1 Å². The van der Waals surface area contributed by atoms with Crippen molar-refractivity contribution in [3.05, 3.63) is 88.2 Å². The molecule has 12 heteroatoms. The molecule has 2 aliphatic rings. The number of ether oxygens (including phenoxy) is 4. The molecule has 0 aromatic heterocycles. The van der Waals surface area contributed by atoms with E-state index in [9.17, 15) is 24.0 Å². The second-order valence-electron chi connectivity index (χ2n) is 13.2. The third-order valence-corrected chi connectivity index (χ3v) is 8.90. The van der Waals surface area contributed by atoms with Gasteiger partial charge in [0.2, 0.25) is 17.9 Å². The maximum absolute atomic E-state index is 13.5. The summed E-state index contributed by atoms with van der Waals surface area (Å²) in [5.74, 6) is -0.499. The van der Waals surface area contributed by atoms with Crippen LogP contribution in [0, 0.1) is 5.92 Å². The van der Waals surface area contributed by atoms with Crippen molar-refractivity contribution < 1.29 is 42.9 Å². The number of amides is 2. The maximum Gasteiger partial charge on any atom is 0.510 e.